The summed E-state index contributed by atoms with van der Waals surface area (Å²) in [5.41, 5.74) is 1.37. The highest BCUT2D eigenvalue weighted by molar-refractivity contribution is 5.77. The molecule has 0 spiro atoms. The summed E-state index contributed by atoms with van der Waals surface area (Å²) in [5, 5.41) is 17.8. The molecular formula is C22H22N8O2. The van der Waals surface area contributed by atoms with Crippen molar-refractivity contribution in [1.29, 1.82) is 0 Å². The van der Waals surface area contributed by atoms with Crippen molar-refractivity contribution in [3.63, 3.8) is 0 Å². The van der Waals surface area contributed by atoms with Crippen LogP contribution in [0.3, 0.4) is 0 Å². The first kappa shape index (κ1) is 20.9. The van der Waals surface area contributed by atoms with Crippen LogP contribution >= 0.6 is 0 Å². The number of carbonyl (C=O) groups excluding carboxylic acids is 1. The summed E-state index contributed by atoms with van der Waals surface area (Å²) in [7, 11) is 0. The van der Waals surface area contributed by atoms with E-state index in [1.807, 2.05) is 24.3 Å². The number of hydrogen-bond acceptors (Lipinski definition) is 8. The fourth-order valence-corrected chi connectivity index (χ4v) is 3.04. The number of aromatic nitrogens is 5. The van der Waals surface area contributed by atoms with E-state index in [4.69, 9.17) is 0 Å². The zero-order chi connectivity index (χ0) is 22.2. The molecule has 0 aliphatic heterocycles. The standard InChI is InChI=1S/C22H22N8O2/c31-21(9-14-30-15-26-18-4-2-1-3-17(18)22(30)32)25-13-12-24-19-5-6-20(29-28-19)27-16-7-10-23-11-8-16/h1-8,10-11,15H,9,12-14H2,(H,24,28)(H,25,31)(H,23,27,29). The maximum Gasteiger partial charge on any atom is 0.261 e. The molecular weight excluding hydrogens is 408 g/mol. The van der Waals surface area contributed by atoms with Gasteiger partial charge in [0.25, 0.3) is 5.56 Å². The molecule has 3 aromatic heterocycles. The molecule has 0 bridgehead atoms. The van der Waals surface area contributed by atoms with Crippen LogP contribution in [0.5, 0.6) is 0 Å². The Morgan fingerprint density at radius 2 is 1.72 bits per heavy atom. The first-order valence-corrected chi connectivity index (χ1v) is 10.1. The third-order valence-corrected chi connectivity index (χ3v) is 4.68. The molecule has 10 heteroatoms. The molecule has 3 heterocycles. The van der Waals surface area contributed by atoms with Crippen LogP contribution in [0.15, 0.2) is 72.0 Å². The molecule has 0 atom stereocenters. The normalized spacial score (nSPS) is 10.6. The highest BCUT2D eigenvalue weighted by Crippen LogP contribution is 2.13. The summed E-state index contributed by atoms with van der Waals surface area (Å²) >= 11 is 0. The highest BCUT2D eigenvalue weighted by Gasteiger charge is 2.06. The van der Waals surface area contributed by atoms with Crippen LogP contribution in [0.25, 0.3) is 10.9 Å². The van der Waals surface area contributed by atoms with Crippen molar-refractivity contribution in [3.05, 3.63) is 77.6 Å². The van der Waals surface area contributed by atoms with E-state index in [1.54, 1.807) is 36.7 Å². The van der Waals surface area contributed by atoms with Crippen molar-refractivity contribution in [2.24, 2.45) is 0 Å². The number of benzene rings is 1. The second kappa shape index (κ2) is 10.1. The lowest BCUT2D eigenvalue weighted by Gasteiger charge is -2.09. The molecule has 1 amide bonds. The van der Waals surface area contributed by atoms with E-state index in [0.717, 1.165) is 5.69 Å². The fraction of sp³-hybridized carbons (Fsp3) is 0.182. The summed E-state index contributed by atoms with van der Waals surface area (Å²) < 4.78 is 1.46. The average molecular weight is 430 g/mol. The Morgan fingerprint density at radius 1 is 0.938 bits per heavy atom. The predicted molar refractivity (Wildman–Crippen MR) is 122 cm³/mol. The molecule has 32 heavy (non-hydrogen) atoms. The number of pyridine rings is 1. The third-order valence-electron chi connectivity index (χ3n) is 4.68. The van der Waals surface area contributed by atoms with Gasteiger partial charge < -0.3 is 16.0 Å². The summed E-state index contributed by atoms with van der Waals surface area (Å²) in [5.74, 6) is 1.08. The number of nitrogens with one attached hydrogen (secondary N) is 3. The van der Waals surface area contributed by atoms with Crippen molar-refractivity contribution >= 4 is 34.1 Å². The summed E-state index contributed by atoms with van der Waals surface area (Å²) in [6.45, 7) is 1.19. The van der Waals surface area contributed by atoms with E-state index in [9.17, 15) is 9.59 Å². The zero-order valence-electron chi connectivity index (χ0n) is 17.2. The molecule has 0 radical (unpaired) electrons. The fourth-order valence-electron chi connectivity index (χ4n) is 3.04. The number of anilines is 3. The van der Waals surface area contributed by atoms with Crippen molar-refractivity contribution in [3.8, 4) is 0 Å². The van der Waals surface area contributed by atoms with E-state index in [-0.39, 0.29) is 24.4 Å². The number of hydrogen-bond donors (Lipinski definition) is 3. The highest BCUT2D eigenvalue weighted by atomic mass is 16.1. The Hall–Kier alpha value is -4.34. The van der Waals surface area contributed by atoms with E-state index in [1.165, 1.54) is 10.9 Å². The van der Waals surface area contributed by atoms with Crippen LogP contribution in [0.4, 0.5) is 17.3 Å². The molecule has 4 rings (SSSR count). The van der Waals surface area contributed by atoms with Crippen molar-refractivity contribution in [2.75, 3.05) is 23.7 Å². The minimum atomic E-state index is -0.148. The number of para-hydroxylation sites is 1. The van der Waals surface area contributed by atoms with Crippen LogP contribution in [0.1, 0.15) is 6.42 Å². The predicted octanol–water partition coefficient (Wildman–Crippen LogP) is 1.94. The largest absolute Gasteiger partial charge is 0.367 e. The topological polar surface area (TPSA) is 127 Å². The van der Waals surface area contributed by atoms with Gasteiger partial charge in [-0.3, -0.25) is 19.1 Å². The number of aryl methyl sites for hydroxylation is 1. The quantitative estimate of drug-likeness (QED) is 0.344. The third kappa shape index (κ3) is 5.42. The van der Waals surface area contributed by atoms with E-state index in [2.05, 4.69) is 36.1 Å². The van der Waals surface area contributed by atoms with Gasteiger partial charge in [0.15, 0.2) is 5.82 Å². The Morgan fingerprint density at radius 3 is 2.53 bits per heavy atom. The summed E-state index contributed by atoms with van der Waals surface area (Å²) in [6, 6.07) is 14.4. The molecule has 0 fully saturated rings. The SMILES string of the molecule is O=C(CCn1cnc2ccccc2c1=O)NCCNc1ccc(Nc2ccncc2)nn1. The van der Waals surface area contributed by atoms with Crippen molar-refractivity contribution in [2.45, 2.75) is 13.0 Å². The molecule has 0 aliphatic carbocycles. The van der Waals surface area contributed by atoms with Crippen LogP contribution in [-0.4, -0.2) is 43.7 Å². The lowest BCUT2D eigenvalue weighted by molar-refractivity contribution is -0.121. The minimum absolute atomic E-state index is 0.144. The molecule has 4 aromatic rings. The Balaban J connectivity index is 1.18. The first-order valence-electron chi connectivity index (χ1n) is 10.1. The lowest BCUT2D eigenvalue weighted by atomic mass is 10.2. The Kier molecular flexibility index (Phi) is 6.61. The number of fused-ring (bicyclic) bond motifs is 1. The van der Waals surface area contributed by atoms with Crippen LogP contribution in [-0.2, 0) is 11.3 Å². The number of rotatable bonds is 9. The minimum Gasteiger partial charge on any atom is -0.367 e. The molecule has 0 aliphatic rings. The monoisotopic (exact) mass is 430 g/mol. The lowest BCUT2D eigenvalue weighted by Crippen LogP contribution is -2.31. The number of nitrogens with zero attached hydrogens (tertiary/aromatic N) is 5. The molecule has 1 aromatic carbocycles. The van der Waals surface area contributed by atoms with E-state index >= 15 is 0 Å². The van der Waals surface area contributed by atoms with Gasteiger partial charge in [-0.1, -0.05) is 12.1 Å². The van der Waals surface area contributed by atoms with Crippen molar-refractivity contribution in [1.82, 2.24) is 30.0 Å². The molecule has 3 N–H and O–H groups in total. The maximum atomic E-state index is 12.4. The molecule has 162 valence electrons. The van der Waals surface area contributed by atoms with Gasteiger partial charge in [-0.25, -0.2) is 4.98 Å². The van der Waals surface area contributed by atoms with Gasteiger partial charge in [-0.15, -0.1) is 10.2 Å². The smallest absolute Gasteiger partial charge is 0.261 e. The number of carbonyl (C=O) groups is 1. The molecule has 0 unspecified atom stereocenters. The van der Waals surface area contributed by atoms with Gasteiger partial charge >= 0.3 is 0 Å². The maximum absolute atomic E-state index is 12.4. The molecule has 0 saturated heterocycles. The van der Waals surface area contributed by atoms with Gasteiger partial charge in [0.05, 0.1) is 17.2 Å². The van der Waals surface area contributed by atoms with Crippen LogP contribution < -0.4 is 21.5 Å². The molecule has 10 nitrogen and oxygen atoms in total. The van der Waals surface area contributed by atoms with Crippen molar-refractivity contribution < 1.29 is 4.79 Å². The van der Waals surface area contributed by atoms with Crippen LogP contribution in [0.2, 0.25) is 0 Å². The van der Waals surface area contributed by atoms with Gasteiger partial charge in [-0.05, 0) is 36.4 Å². The van der Waals surface area contributed by atoms with Crippen LogP contribution in [0, 0.1) is 0 Å². The van der Waals surface area contributed by atoms with Gasteiger partial charge in [0.1, 0.15) is 5.82 Å². The van der Waals surface area contributed by atoms with E-state index in [0.29, 0.717) is 35.6 Å². The second-order valence-corrected chi connectivity index (χ2v) is 6.95. The average Bonchev–Trinajstić information content (AvgIpc) is 2.83. The molecule has 0 saturated carbocycles. The van der Waals surface area contributed by atoms with Gasteiger partial charge in [-0.2, -0.15) is 0 Å². The summed E-state index contributed by atoms with van der Waals surface area (Å²) in [4.78, 5) is 32.8. The first-order chi connectivity index (χ1) is 15.7. The zero-order valence-corrected chi connectivity index (χ0v) is 17.2. The Bertz CT molecular complexity index is 1240. The number of amides is 1. The van der Waals surface area contributed by atoms with Gasteiger partial charge in [0.2, 0.25) is 5.91 Å². The summed E-state index contributed by atoms with van der Waals surface area (Å²) in [6.07, 6.45) is 5.05. The second-order valence-electron chi connectivity index (χ2n) is 6.95. The Labute approximate surface area is 183 Å². The van der Waals surface area contributed by atoms with E-state index < -0.39 is 0 Å². The van der Waals surface area contributed by atoms with Gasteiger partial charge in [0, 0.05) is 44.1 Å².